The summed E-state index contributed by atoms with van der Waals surface area (Å²) in [7, 11) is -4.33. The maximum absolute atomic E-state index is 13.9. The van der Waals surface area contributed by atoms with Gasteiger partial charge in [0, 0.05) is 18.3 Å². The van der Waals surface area contributed by atoms with Crippen molar-refractivity contribution in [2.24, 2.45) is 17.8 Å². The first-order valence-electron chi connectivity index (χ1n) is 16.2. The van der Waals surface area contributed by atoms with Gasteiger partial charge in [0.05, 0.1) is 30.1 Å². The summed E-state index contributed by atoms with van der Waals surface area (Å²) in [4.78, 5) is 46.6. The van der Waals surface area contributed by atoms with Crippen molar-refractivity contribution in [2.45, 2.75) is 107 Å². The number of aliphatic hydroxyl groups excluding tert-OH is 2. The van der Waals surface area contributed by atoms with Gasteiger partial charge in [0.1, 0.15) is 12.1 Å². The standard InChI is InChI=1S/C33H48N4O8S/c1-33(2,32(42)43)46(44,45)19-24(15-21-9-5-3-6-10-21)30(40)37-27(17-25-18-34-20-35-25)31(41)36-26(16-22-11-7-4-8-12-22)29(39)28(38)23-13-14-23/h3,5-6,9-10,18,20,22-24,26-29,38-39H,4,7-8,11-17,19H2,1-2H3,(H,34,35)(H,36,41)(H,37,40)(H,42,43)/t24-,26+,27+,28+,29-/m1/s1. The molecule has 2 amide bonds. The zero-order valence-electron chi connectivity index (χ0n) is 26.6. The second-order valence-corrected chi connectivity index (χ2v) is 16.1. The number of carbonyl (C=O) groups is 3. The summed E-state index contributed by atoms with van der Waals surface area (Å²) >= 11 is 0. The first-order chi connectivity index (χ1) is 21.8. The molecule has 2 aliphatic carbocycles. The molecule has 0 radical (unpaired) electrons. The lowest BCUT2D eigenvalue weighted by molar-refractivity contribution is -0.139. The van der Waals surface area contributed by atoms with Crippen molar-refractivity contribution >= 4 is 27.6 Å². The van der Waals surface area contributed by atoms with Gasteiger partial charge in [-0.2, -0.15) is 0 Å². The number of benzene rings is 1. The number of imidazole rings is 1. The van der Waals surface area contributed by atoms with Crippen LogP contribution < -0.4 is 10.6 Å². The van der Waals surface area contributed by atoms with Crippen LogP contribution in [0.1, 0.15) is 76.5 Å². The van der Waals surface area contributed by atoms with Crippen LogP contribution in [0.2, 0.25) is 0 Å². The molecule has 0 spiro atoms. The lowest BCUT2D eigenvalue weighted by Crippen LogP contribution is -2.57. The number of aliphatic hydroxyl groups is 2. The van der Waals surface area contributed by atoms with Crippen LogP contribution in [0.3, 0.4) is 0 Å². The van der Waals surface area contributed by atoms with Crippen molar-refractivity contribution in [3.63, 3.8) is 0 Å². The molecule has 2 saturated carbocycles. The second-order valence-electron chi connectivity index (χ2n) is 13.5. The smallest absolute Gasteiger partial charge is 0.324 e. The van der Waals surface area contributed by atoms with Gasteiger partial charge in [-0.3, -0.25) is 14.4 Å². The number of carboxylic acids is 1. The molecule has 0 unspecified atom stereocenters. The zero-order chi connectivity index (χ0) is 33.5. The average molecular weight is 661 g/mol. The molecule has 0 saturated heterocycles. The van der Waals surface area contributed by atoms with Crippen molar-refractivity contribution in [3.8, 4) is 0 Å². The first-order valence-corrected chi connectivity index (χ1v) is 17.9. The van der Waals surface area contributed by atoms with Crippen molar-refractivity contribution in [1.82, 2.24) is 20.6 Å². The second kappa shape index (κ2) is 15.5. The molecule has 1 heterocycles. The van der Waals surface area contributed by atoms with Crippen LogP contribution in [0, 0.1) is 17.8 Å². The van der Waals surface area contributed by atoms with E-state index in [4.69, 9.17) is 0 Å². The molecule has 2 aliphatic rings. The van der Waals surface area contributed by atoms with E-state index in [0.717, 1.165) is 58.8 Å². The molecule has 4 rings (SSSR count). The highest BCUT2D eigenvalue weighted by atomic mass is 32.2. The Bertz CT molecular complexity index is 1410. The fraction of sp³-hybridized carbons (Fsp3) is 0.636. The number of hydrogen-bond donors (Lipinski definition) is 6. The van der Waals surface area contributed by atoms with E-state index in [2.05, 4.69) is 20.6 Å². The third kappa shape index (κ3) is 9.38. The predicted molar refractivity (Wildman–Crippen MR) is 171 cm³/mol. The van der Waals surface area contributed by atoms with Gasteiger partial charge < -0.3 is 30.9 Å². The van der Waals surface area contributed by atoms with Crippen molar-refractivity contribution in [2.75, 3.05) is 5.75 Å². The maximum atomic E-state index is 13.9. The summed E-state index contributed by atoms with van der Waals surface area (Å²) < 4.78 is 24.5. The van der Waals surface area contributed by atoms with Gasteiger partial charge in [-0.1, -0.05) is 62.4 Å². The molecule has 2 fully saturated rings. The number of nitrogens with one attached hydrogen (secondary N) is 3. The minimum atomic E-state index is -4.33. The molecule has 1 aromatic carbocycles. The predicted octanol–water partition coefficient (Wildman–Crippen LogP) is 2.16. The van der Waals surface area contributed by atoms with Crippen molar-refractivity contribution < 1.29 is 38.1 Å². The quantitative estimate of drug-likeness (QED) is 0.147. The van der Waals surface area contributed by atoms with E-state index in [9.17, 15) is 38.1 Å². The molecular weight excluding hydrogens is 612 g/mol. The normalized spacial score (nSPS) is 19.4. The van der Waals surface area contributed by atoms with Crippen molar-refractivity contribution in [3.05, 3.63) is 54.1 Å². The number of amides is 2. The van der Waals surface area contributed by atoms with E-state index in [1.54, 1.807) is 30.3 Å². The average Bonchev–Trinajstić information content (AvgIpc) is 3.75. The largest absolute Gasteiger partial charge is 0.480 e. The number of aromatic amines is 1. The van der Waals surface area contributed by atoms with E-state index in [1.165, 1.54) is 12.5 Å². The molecule has 0 aliphatic heterocycles. The molecule has 13 heteroatoms. The maximum Gasteiger partial charge on any atom is 0.324 e. The van der Waals surface area contributed by atoms with Crippen LogP contribution in [-0.4, -0.2) is 86.3 Å². The van der Waals surface area contributed by atoms with E-state index < -0.39 is 68.3 Å². The van der Waals surface area contributed by atoms with Crippen LogP contribution >= 0.6 is 0 Å². The molecule has 5 atom stereocenters. The van der Waals surface area contributed by atoms with Gasteiger partial charge >= 0.3 is 5.97 Å². The Morgan fingerprint density at radius 3 is 2.24 bits per heavy atom. The fourth-order valence-electron chi connectivity index (χ4n) is 6.15. The number of rotatable bonds is 17. The Kier molecular flexibility index (Phi) is 12.0. The number of hydrogen-bond acceptors (Lipinski definition) is 8. The number of nitrogens with zero attached hydrogens (tertiary/aromatic N) is 1. The molecular formula is C33H48N4O8S. The van der Waals surface area contributed by atoms with Crippen LogP contribution in [0.4, 0.5) is 0 Å². The Hall–Kier alpha value is -3.29. The van der Waals surface area contributed by atoms with E-state index >= 15 is 0 Å². The topological polar surface area (TPSA) is 199 Å². The number of carbonyl (C=O) groups excluding carboxylic acids is 2. The Labute approximate surface area is 270 Å². The summed E-state index contributed by atoms with van der Waals surface area (Å²) in [6, 6.07) is 6.85. The van der Waals surface area contributed by atoms with E-state index in [-0.39, 0.29) is 24.7 Å². The Morgan fingerprint density at radius 2 is 1.65 bits per heavy atom. The fourth-order valence-corrected chi connectivity index (χ4v) is 7.63. The third-order valence-corrected chi connectivity index (χ3v) is 12.1. The lowest BCUT2D eigenvalue weighted by Gasteiger charge is -2.33. The highest BCUT2D eigenvalue weighted by molar-refractivity contribution is 7.93. The molecule has 46 heavy (non-hydrogen) atoms. The summed E-state index contributed by atoms with van der Waals surface area (Å²) in [6.45, 7) is 2.18. The van der Waals surface area contributed by atoms with Crippen LogP contribution in [0.5, 0.6) is 0 Å². The highest BCUT2D eigenvalue weighted by Crippen LogP contribution is 2.36. The van der Waals surface area contributed by atoms with Crippen molar-refractivity contribution in [1.29, 1.82) is 0 Å². The minimum absolute atomic E-state index is 0.000418. The van der Waals surface area contributed by atoms with Gasteiger partial charge in [-0.05, 0) is 56.9 Å². The van der Waals surface area contributed by atoms with Gasteiger partial charge in [0.2, 0.25) is 11.8 Å². The van der Waals surface area contributed by atoms with Crippen LogP contribution in [0.15, 0.2) is 42.9 Å². The number of H-pyrrole nitrogens is 1. The monoisotopic (exact) mass is 660 g/mol. The number of sulfone groups is 1. The number of carboxylic acid groups (broad SMARTS) is 1. The summed E-state index contributed by atoms with van der Waals surface area (Å²) in [5.74, 6) is -4.53. The van der Waals surface area contributed by atoms with E-state index in [1.807, 2.05) is 0 Å². The van der Waals surface area contributed by atoms with E-state index in [0.29, 0.717) is 17.7 Å². The van der Waals surface area contributed by atoms with Gasteiger partial charge in [-0.25, -0.2) is 13.4 Å². The molecule has 0 bridgehead atoms. The third-order valence-electron chi connectivity index (χ3n) is 9.53. The lowest BCUT2D eigenvalue weighted by atomic mass is 9.82. The molecule has 2 aromatic rings. The summed E-state index contributed by atoms with van der Waals surface area (Å²) in [5.41, 5.74) is 1.22. The SMILES string of the molecule is CC(C)(C(=O)O)S(=O)(=O)C[C@@H](Cc1ccccc1)C(=O)N[C@@H](Cc1cnc[nH]1)C(=O)N[C@@H](CC1CCCCC1)[C@@H](O)[C@@H](O)C1CC1. The van der Waals surface area contributed by atoms with Gasteiger partial charge in [0.25, 0.3) is 0 Å². The number of aromatic nitrogens is 2. The molecule has 6 N–H and O–H groups in total. The molecule has 12 nitrogen and oxygen atoms in total. The Morgan fingerprint density at radius 1 is 0.978 bits per heavy atom. The first kappa shape index (κ1) is 35.6. The highest BCUT2D eigenvalue weighted by Gasteiger charge is 2.45. The molecule has 1 aromatic heterocycles. The Balaban J connectivity index is 1.58. The molecule has 254 valence electrons. The van der Waals surface area contributed by atoms with Crippen LogP contribution in [0.25, 0.3) is 0 Å². The van der Waals surface area contributed by atoms with Gasteiger partial charge in [0.15, 0.2) is 14.6 Å². The zero-order valence-corrected chi connectivity index (χ0v) is 27.4. The van der Waals surface area contributed by atoms with Crippen LogP contribution in [-0.2, 0) is 37.1 Å². The minimum Gasteiger partial charge on any atom is -0.480 e. The van der Waals surface area contributed by atoms with Gasteiger partial charge in [-0.15, -0.1) is 0 Å². The number of aliphatic carboxylic acids is 1. The summed E-state index contributed by atoms with van der Waals surface area (Å²) in [6.07, 6.45) is 8.10. The summed E-state index contributed by atoms with van der Waals surface area (Å²) in [5, 5.41) is 37.3.